The molecule has 1 amide bonds. The van der Waals surface area contributed by atoms with E-state index in [4.69, 9.17) is 10.00 Å². The van der Waals surface area contributed by atoms with E-state index in [2.05, 4.69) is 6.07 Å². The Hall–Kier alpha value is -2.06. The SMILES string of the molecule is Cc1ccc(OCC(=O)N2CCN(CC#N)CC2)cc1. The van der Waals surface area contributed by atoms with Gasteiger partial charge in [-0.1, -0.05) is 17.7 Å². The summed E-state index contributed by atoms with van der Waals surface area (Å²) in [6.07, 6.45) is 0. The lowest BCUT2D eigenvalue weighted by atomic mass is 10.2. The van der Waals surface area contributed by atoms with Gasteiger partial charge in [0.05, 0.1) is 12.6 Å². The maximum Gasteiger partial charge on any atom is 0.260 e. The van der Waals surface area contributed by atoms with Gasteiger partial charge in [-0.05, 0) is 19.1 Å². The summed E-state index contributed by atoms with van der Waals surface area (Å²) >= 11 is 0. The topological polar surface area (TPSA) is 56.6 Å². The summed E-state index contributed by atoms with van der Waals surface area (Å²) in [5.74, 6) is 0.717. The molecule has 0 radical (unpaired) electrons. The van der Waals surface area contributed by atoms with Crippen LogP contribution in [0.1, 0.15) is 5.56 Å². The van der Waals surface area contributed by atoms with Gasteiger partial charge in [-0.15, -0.1) is 0 Å². The number of amides is 1. The van der Waals surface area contributed by atoms with Crippen LogP contribution in [0, 0.1) is 18.3 Å². The standard InChI is InChI=1S/C15H19N3O2/c1-13-2-4-14(5-3-13)20-12-15(19)18-10-8-17(7-6-16)9-11-18/h2-5H,7-12H2,1H3. The first-order valence-electron chi connectivity index (χ1n) is 6.75. The number of carbonyl (C=O) groups is 1. The zero-order chi connectivity index (χ0) is 14.4. The Labute approximate surface area is 119 Å². The molecule has 0 unspecified atom stereocenters. The number of hydrogen-bond acceptors (Lipinski definition) is 4. The summed E-state index contributed by atoms with van der Waals surface area (Å²) in [7, 11) is 0. The van der Waals surface area contributed by atoms with Crippen molar-refractivity contribution in [1.29, 1.82) is 5.26 Å². The number of ether oxygens (including phenoxy) is 1. The van der Waals surface area contributed by atoms with Crippen LogP contribution >= 0.6 is 0 Å². The van der Waals surface area contributed by atoms with E-state index in [1.54, 1.807) is 4.90 Å². The minimum atomic E-state index is 0.00202. The Morgan fingerprint density at radius 2 is 1.90 bits per heavy atom. The molecule has 0 atom stereocenters. The van der Waals surface area contributed by atoms with Gasteiger partial charge in [0.15, 0.2) is 6.61 Å². The Morgan fingerprint density at radius 3 is 2.50 bits per heavy atom. The molecule has 5 nitrogen and oxygen atoms in total. The van der Waals surface area contributed by atoms with E-state index in [0.29, 0.717) is 25.4 Å². The maximum absolute atomic E-state index is 12.0. The molecule has 1 aromatic rings. The lowest BCUT2D eigenvalue weighted by Crippen LogP contribution is -2.49. The fraction of sp³-hybridized carbons (Fsp3) is 0.467. The van der Waals surface area contributed by atoms with Gasteiger partial charge in [0.2, 0.25) is 0 Å². The van der Waals surface area contributed by atoms with Crippen LogP contribution in [0.15, 0.2) is 24.3 Å². The second-order valence-corrected chi connectivity index (χ2v) is 4.92. The molecule has 106 valence electrons. The van der Waals surface area contributed by atoms with E-state index in [1.165, 1.54) is 0 Å². The second kappa shape index (κ2) is 6.92. The summed E-state index contributed by atoms with van der Waals surface area (Å²) in [6.45, 7) is 5.35. The van der Waals surface area contributed by atoms with Gasteiger partial charge in [-0.2, -0.15) is 5.26 Å². The Balaban J connectivity index is 1.76. The average molecular weight is 273 g/mol. The molecule has 0 bridgehead atoms. The molecule has 0 aromatic heterocycles. The fourth-order valence-electron chi connectivity index (χ4n) is 2.13. The summed E-state index contributed by atoms with van der Waals surface area (Å²) in [5.41, 5.74) is 1.16. The maximum atomic E-state index is 12.0. The number of piperazine rings is 1. The van der Waals surface area contributed by atoms with E-state index in [-0.39, 0.29) is 12.5 Å². The first-order valence-corrected chi connectivity index (χ1v) is 6.75. The highest BCUT2D eigenvalue weighted by Gasteiger charge is 2.20. The van der Waals surface area contributed by atoms with Crippen molar-refractivity contribution in [2.75, 3.05) is 39.3 Å². The van der Waals surface area contributed by atoms with Crippen LogP contribution in [-0.2, 0) is 4.79 Å². The van der Waals surface area contributed by atoms with Gasteiger partial charge in [0, 0.05) is 26.2 Å². The van der Waals surface area contributed by atoms with Crippen molar-refractivity contribution in [3.63, 3.8) is 0 Å². The Morgan fingerprint density at radius 1 is 1.25 bits per heavy atom. The molecule has 1 heterocycles. The van der Waals surface area contributed by atoms with Crippen molar-refractivity contribution in [1.82, 2.24) is 9.80 Å². The van der Waals surface area contributed by atoms with Gasteiger partial charge >= 0.3 is 0 Å². The third-order valence-corrected chi connectivity index (χ3v) is 3.40. The molecule has 0 saturated carbocycles. The molecule has 0 aliphatic carbocycles. The summed E-state index contributed by atoms with van der Waals surface area (Å²) in [4.78, 5) is 15.9. The minimum absolute atomic E-state index is 0.00202. The Kier molecular flexibility index (Phi) is 4.97. The monoisotopic (exact) mass is 273 g/mol. The van der Waals surface area contributed by atoms with Crippen LogP contribution in [0.3, 0.4) is 0 Å². The largest absolute Gasteiger partial charge is 0.484 e. The van der Waals surface area contributed by atoms with Crippen molar-refractivity contribution < 1.29 is 9.53 Å². The minimum Gasteiger partial charge on any atom is -0.484 e. The lowest BCUT2D eigenvalue weighted by Gasteiger charge is -2.33. The van der Waals surface area contributed by atoms with E-state index >= 15 is 0 Å². The second-order valence-electron chi connectivity index (χ2n) is 4.92. The predicted molar refractivity (Wildman–Crippen MR) is 75.3 cm³/mol. The van der Waals surface area contributed by atoms with Crippen LogP contribution < -0.4 is 4.74 Å². The van der Waals surface area contributed by atoms with Gasteiger partial charge in [-0.25, -0.2) is 0 Å². The number of nitriles is 1. The molecule has 20 heavy (non-hydrogen) atoms. The molecule has 1 aliphatic rings. The number of carbonyl (C=O) groups excluding carboxylic acids is 1. The van der Waals surface area contributed by atoms with Gasteiger partial charge in [0.1, 0.15) is 5.75 Å². The van der Waals surface area contributed by atoms with Crippen LogP contribution in [0.2, 0.25) is 0 Å². The zero-order valence-corrected chi connectivity index (χ0v) is 11.7. The normalized spacial score (nSPS) is 15.7. The van der Waals surface area contributed by atoms with Gasteiger partial charge < -0.3 is 9.64 Å². The summed E-state index contributed by atoms with van der Waals surface area (Å²) in [5, 5.41) is 8.63. The van der Waals surface area contributed by atoms with Gasteiger partial charge in [-0.3, -0.25) is 9.69 Å². The fourth-order valence-corrected chi connectivity index (χ4v) is 2.13. The molecule has 0 spiro atoms. The van der Waals surface area contributed by atoms with Crippen molar-refractivity contribution in [2.24, 2.45) is 0 Å². The molecule has 2 rings (SSSR count). The summed E-state index contributed by atoms with van der Waals surface area (Å²) < 4.78 is 5.49. The highest BCUT2D eigenvalue weighted by Crippen LogP contribution is 2.11. The molecular weight excluding hydrogens is 254 g/mol. The highest BCUT2D eigenvalue weighted by molar-refractivity contribution is 5.77. The first-order chi connectivity index (χ1) is 9.69. The number of rotatable bonds is 4. The van der Waals surface area contributed by atoms with Crippen LogP contribution in [-0.4, -0.2) is 55.0 Å². The Bertz CT molecular complexity index is 485. The molecule has 1 fully saturated rings. The number of hydrogen-bond donors (Lipinski definition) is 0. The van der Waals surface area contributed by atoms with E-state index < -0.39 is 0 Å². The molecular formula is C15H19N3O2. The van der Waals surface area contributed by atoms with Crippen molar-refractivity contribution >= 4 is 5.91 Å². The highest BCUT2D eigenvalue weighted by atomic mass is 16.5. The third-order valence-electron chi connectivity index (χ3n) is 3.40. The smallest absolute Gasteiger partial charge is 0.260 e. The molecule has 1 saturated heterocycles. The summed E-state index contributed by atoms with van der Waals surface area (Å²) in [6, 6.07) is 9.79. The quantitative estimate of drug-likeness (QED) is 0.769. The zero-order valence-electron chi connectivity index (χ0n) is 11.7. The third kappa shape index (κ3) is 3.97. The van der Waals surface area contributed by atoms with Crippen LogP contribution in [0.4, 0.5) is 0 Å². The van der Waals surface area contributed by atoms with E-state index in [9.17, 15) is 4.79 Å². The average Bonchev–Trinajstić information content (AvgIpc) is 2.47. The van der Waals surface area contributed by atoms with E-state index in [1.807, 2.05) is 36.1 Å². The predicted octanol–water partition coefficient (Wildman–Crippen LogP) is 1.04. The lowest BCUT2D eigenvalue weighted by molar-refractivity contribution is -0.135. The van der Waals surface area contributed by atoms with Crippen molar-refractivity contribution in [3.8, 4) is 11.8 Å². The van der Waals surface area contributed by atoms with Crippen molar-refractivity contribution in [3.05, 3.63) is 29.8 Å². The van der Waals surface area contributed by atoms with Crippen LogP contribution in [0.25, 0.3) is 0 Å². The molecule has 1 aromatic carbocycles. The number of nitrogens with zero attached hydrogens (tertiary/aromatic N) is 3. The molecule has 5 heteroatoms. The first kappa shape index (κ1) is 14.4. The van der Waals surface area contributed by atoms with Gasteiger partial charge in [0.25, 0.3) is 5.91 Å². The molecule has 1 aliphatic heterocycles. The number of aryl methyl sites for hydroxylation is 1. The number of benzene rings is 1. The van der Waals surface area contributed by atoms with Crippen LogP contribution in [0.5, 0.6) is 5.75 Å². The molecule has 0 N–H and O–H groups in total. The van der Waals surface area contributed by atoms with E-state index in [0.717, 1.165) is 18.7 Å². The van der Waals surface area contributed by atoms with Crippen molar-refractivity contribution in [2.45, 2.75) is 6.92 Å².